The minimum absolute atomic E-state index is 0.0460. The van der Waals surface area contributed by atoms with Gasteiger partial charge in [0.1, 0.15) is 41.2 Å². The van der Waals surface area contributed by atoms with E-state index in [4.69, 9.17) is 71.2 Å². The highest BCUT2D eigenvalue weighted by atomic mass is 16.7. The maximum absolute atomic E-state index is 14.4. The molecule has 113 heavy (non-hydrogen) atoms. The fourth-order valence-corrected chi connectivity index (χ4v) is 18.0. The predicted octanol–water partition coefficient (Wildman–Crippen LogP) is 5.32. The number of carbonyl (C=O) groups excluding carboxylic acids is 5. The van der Waals surface area contributed by atoms with Gasteiger partial charge in [0.05, 0.1) is 107 Å². The van der Waals surface area contributed by atoms with E-state index in [2.05, 4.69) is 10.3 Å². The van der Waals surface area contributed by atoms with Crippen LogP contribution in [0.2, 0.25) is 0 Å². The van der Waals surface area contributed by atoms with E-state index in [0.717, 1.165) is 0 Å². The van der Waals surface area contributed by atoms with Gasteiger partial charge in [0.15, 0.2) is 37.4 Å². The summed E-state index contributed by atoms with van der Waals surface area (Å²) in [4.78, 5) is 74.2. The van der Waals surface area contributed by atoms with E-state index < -0.39 is 221 Å². The van der Waals surface area contributed by atoms with Gasteiger partial charge in [0.25, 0.3) is 0 Å². The molecule has 0 aromatic heterocycles. The smallest absolute Gasteiger partial charge is 0.331 e. The number of nitrogens with zero attached hydrogens (tertiary/aromatic N) is 4. The standard InChI is InChI=1S/C43H74N2O16.C37H68N2O13/c1-17-31-43(13,52)36(49)23(4)33(44-61-29(10)48)21(2)19-41(11,51)37(60-40-35(56-27(8)46)30(45(14)15)18-22(3)54-40)24(5)34(25(6)39(50)58-31)59-32-20-42(12,53-16)38(26(7)55-32)57-28(9)47;1-14-25-37(10,45)30(41)20(4)27(38-46)18(2)16-35(8,44)32(52-34-28(40)24(39(11)12)15-19(3)48-34)21(5)29(22(6)33(43)50-25)51-26-17-36(9,47-13)31(42)23(7)49-26/h21-26,30-32,34-38,40,49,51-52H,17-20H2,1-16H3;18-26,28-32,34,40-42,44-46H,14-17H2,1-13H3/b;38-27+/t21-,22-,23+,24+,25-,26+,30+,31-,32?,34+,35-,36-,37-,38+,40+,41-,42-,43-;18-,19-,20+,21+,22-,23+,24+,25-,26?,28-,29+,30-,31+,32-,34+,35-,36-,37-/m11/s1. The highest BCUT2D eigenvalue weighted by Gasteiger charge is 2.58. The predicted molar refractivity (Wildman–Crippen MR) is 410 cm³/mol. The Morgan fingerprint density at radius 1 is 0.487 bits per heavy atom. The molecule has 0 aliphatic carbocycles. The highest BCUT2D eigenvalue weighted by Crippen LogP contribution is 2.45. The molecule has 656 valence electrons. The van der Waals surface area contributed by atoms with Crippen LogP contribution >= 0.6 is 0 Å². The number of cyclic esters (lactones) is 2. The number of methoxy groups -OCH3 is 2. The highest BCUT2D eigenvalue weighted by molar-refractivity contribution is 5.90. The summed E-state index contributed by atoms with van der Waals surface area (Å²) in [6, 6.07) is -0.675. The quantitative estimate of drug-likeness (QED) is 0.0292. The van der Waals surface area contributed by atoms with Crippen molar-refractivity contribution in [1.82, 2.24) is 9.80 Å². The number of likely N-dealkylation sites (N-methyl/N-ethyl adjacent to an activating group) is 2. The normalized spacial score (nSPS) is 46.6. The Bertz CT molecular complexity index is 3140. The first kappa shape index (κ1) is 99.3. The van der Waals surface area contributed by atoms with Crippen molar-refractivity contribution in [3.8, 4) is 0 Å². The van der Waals surface area contributed by atoms with Gasteiger partial charge in [-0.25, -0.2) is 4.79 Å². The van der Waals surface area contributed by atoms with Gasteiger partial charge in [-0.2, -0.15) is 0 Å². The molecule has 0 radical (unpaired) electrons. The number of carbonyl (C=O) groups is 5. The fraction of sp³-hybridized carbons (Fsp3) is 0.912. The molecule has 33 nitrogen and oxygen atoms in total. The van der Waals surface area contributed by atoms with E-state index in [1.165, 1.54) is 55.8 Å². The molecule has 0 saturated carbocycles. The number of hydrogen-bond donors (Lipinski definition) is 9. The second kappa shape index (κ2) is 40.6. The van der Waals surface area contributed by atoms with Crippen molar-refractivity contribution in [2.45, 2.75) is 379 Å². The summed E-state index contributed by atoms with van der Waals surface area (Å²) >= 11 is 0. The lowest BCUT2D eigenvalue weighted by Gasteiger charge is -2.49. The number of esters is 4. The summed E-state index contributed by atoms with van der Waals surface area (Å²) in [6.07, 6.45) is -19.5. The van der Waals surface area contributed by atoms with E-state index >= 15 is 0 Å². The van der Waals surface area contributed by atoms with Crippen LogP contribution in [0.3, 0.4) is 0 Å². The largest absolute Gasteiger partial charge is 0.459 e. The van der Waals surface area contributed by atoms with E-state index in [1.807, 2.05) is 51.8 Å². The lowest BCUT2D eigenvalue weighted by atomic mass is 9.73. The summed E-state index contributed by atoms with van der Waals surface area (Å²) < 4.78 is 87.0. The van der Waals surface area contributed by atoms with Crippen LogP contribution in [0.1, 0.15) is 211 Å². The minimum atomic E-state index is -2.04. The topological polar surface area (TPSA) is 437 Å². The van der Waals surface area contributed by atoms with Crippen molar-refractivity contribution < 1.29 is 141 Å². The third-order valence-corrected chi connectivity index (χ3v) is 24.6. The third-order valence-electron chi connectivity index (χ3n) is 24.6. The second-order valence-electron chi connectivity index (χ2n) is 34.9. The Morgan fingerprint density at radius 2 is 0.885 bits per heavy atom. The molecule has 33 heteroatoms. The van der Waals surface area contributed by atoms with Crippen LogP contribution in [0.15, 0.2) is 10.3 Å². The molecule has 0 bridgehead atoms. The van der Waals surface area contributed by atoms with Gasteiger partial charge in [0, 0.05) is 89.4 Å². The molecular formula is C80H142N4O29. The zero-order chi connectivity index (χ0) is 86.2. The SMILES string of the molecule is CC[C@H]1OC(=O)[C@H](C)[C@@H](OC2C[C@@](C)(OC)[C@@H](O)[C@H](C)O2)[C@H](C)[C@@H](O[C@@H]2O[C@H](C)C[C@H](N(C)C)[C@H]2O)[C@](C)(O)C[C@@H](C)/C(=N\O)[C@H](C)[C@@H](O)[C@]1(C)O.CC[C@H]1OC(=O)[C@H](C)[C@@H](OC2C[C@@](C)(OC)[C@@H](OC(C)=O)[C@H](C)O2)[C@H](C)[C@@H](O[C@@H]2O[C@H](C)C[C@H](N(C)C)[C@H]2OC(C)=O)[C@](C)(O)C[C@@H](C)C(=NOC(C)=O)[C@H](C)[C@@H](O)[C@]1(C)O. The third kappa shape index (κ3) is 23.8. The van der Waals surface area contributed by atoms with Crippen LogP contribution in [-0.4, -0.2) is 308 Å². The van der Waals surface area contributed by atoms with Gasteiger partial charge in [-0.05, 0) is 150 Å². The number of hydrogen-bond acceptors (Lipinski definition) is 33. The molecule has 2 unspecified atom stereocenters. The summed E-state index contributed by atoms with van der Waals surface area (Å²) in [5.74, 6) is -10.7. The molecule has 0 amide bonds. The van der Waals surface area contributed by atoms with Gasteiger partial charge < -0.3 is 127 Å². The molecule has 0 spiro atoms. The number of aliphatic hydroxyl groups is 8. The molecule has 6 heterocycles. The molecule has 6 rings (SSSR count). The zero-order valence-corrected chi connectivity index (χ0v) is 72.5. The number of rotatable bonds is 17. The van der Waals surface area contributed by atoms with E-state index in [9.17, 15) is 70.0 Å². The summed E-state index contributed by atoms with van der Waals surface area (Å²) in [6.45, 7) is 36.9. The monoisotopic (exact) mass is 1620 g/mol. The first-order chi connectivity index (χ1) is 52.1. The van der Waals surface area contributed by atoms with Crippen molar-refractivity contribution in [3.05, 3.63) is 0 Å². The lowest BCUT2D eigenvalue weighted by molar-refractivity contribution is -0.319. The van der Waals surface area contributed by atoms with Crippen molar-refractivity contribution >= 4 is 41.3 Å². The summed E-state index contributed by atoms with van der Waals surface area (Å²) in [5, 5.41) is 113. The van der Waals surface area contributed by atoms with Crippen LogP contribution in [0.4, 0.5) is 0 Å². The van der Waals surface area contributed by atoms with Crippen molar-refractivity contribution in [3.63, 3.8) is 0 Å². The van der Waals surface area contributed by atoms with E-state index in [0.29, 0.717) is 12.8 Å². The Balaban J connectivity index is 0.000000409. The first-order valence-corrected chi connectivity index (χ1v) is 40.1. The van der Waals surface area contributed by atoms with E-state index in [1.54, 1.807) is 104 Å². The van der Waals surface area contributed by atoms with Crippen LogP contribution in [0, 0.1) is 47.3 Å². The maximum atomic E-state index is 14.4. The van der Waals surface area contributed by atoms with Crippen LogP contribution in [0.25, 0.3) is 0 Å². The zero-order valence-electron chi connectivity index (χ0n) is 72.5. The molecule has 36 atom stereocenters. The van der Waals surface area contributed by atoms with Crippen LogP contribution in [-0.2, 0) is 95.1 Å². The maximum Gasteiger partial charge on any atom is 0.331 e. The van der Waals surface area contributed by atoms with Gasteiger partial charge in [0.2, 0.25) is 0 Å². The summed E-state index contributed by atoms with van der Waals surface area (Å²) in [7, 11) is 10.4. The van der Waals surface area contributed by atoms with Crippen LogP contribution < -0.4 is 0 Å². The Kier molecular flexibility index (Phi) is 35.7. The molecule has 9 N–H and O–H groups in total. The molecule has 6 aliphatic heterocycles. The molecule has 0 aromatic rings. The Labute approximate surface area is 668 Å². The summed E-state index contributed by atoms with van der Waals surface area (Å²) in [5.41, 5.74) is -9.55. The molecule has 0 aromatic carbocycles. The molecule has 6 saturated heterocycles. The number of oxime groups is 2. The second-order valence-corrected chi connectivity index (χ2v) is 34.9. The number of aliphatic hydroxyl groups excluding tert-OH is 4. The van der Waals surface area contributed by atoms with Crippen molar-refractivity contribution in [1.29, 1.82) is 0 Å². The van der Waals surface area contributed by atoms with Gasteiger partial charge in [-0.3, -0.25) is 19.2 Å². The minimum Gasteiger partial charge on any atom is -0.459 e. The van der Waals surface area contributed by atoms with Crippen molar-refractivity contribution in [2.24, 2.45) is 57.7 Å². The lowest BCUT2D eigenvalue weighted by Crippen LogP contribution is -2.62. The first-order valence-electron chi connectivity index (χ1n) is 40.1. The van der Waals surface area contributed by atoms with Crippen molar-refractivity contribution in [2.75, 3.05) is 42.4 Å². The fourth-order valence-electron chi connectivity index (χ4n) is 18.0. The van der Waals surface area contributed by atoms with E-state index in [-0.39, 0.29) is 74.2 Å². The average molecular weight is 1620 g/mol. The molecule has 6 fully saturated rings. The van der Waals surface area contributed by atoms with Gasteiger partial charge in [-0.15, -0.1) is 0 Å². The Morgan fingerprint density at radius 3 is 1.29 bits per heavy atom. The average Bonchev–Trinajstić information content (AvgIpc) is 0.774. The molecular weight excluding hydrogens is 1480 g/mol. The van der Waals surface area contributed by atoms with Crippen LogP contribution in [0.5, 0.6) is 0 Å². The number of ether oxygens (including phenoxy) is 14. The molecule has 6 aliphatic rings. The van der Waals surface area contributed by atoms with Gasteiger partial charge >= 0.3 is 29.8 Å². The Hall–Kier alpha value is -4.31. The van der Waals surface area contributed by atoms with Gasteiger partial charge in [-0.1, -0.05) is 65.7 Å².